The van der Waals surface area contributed by atoms with Gasteiger partial charge in [-0.15, -0.1) is 0 Å². The molecule has 0 saturated carbocycles. The van der Waals surface area contributed by atoms with Crippen molar-refractivity contribution in [3.8, 4) is 5.75 Å². The Morgan fingerprint density at radius 2 is 1.46 bits per heavy atom. The van der Waals surface area contributed by atoms with Gasteiger partial charge in [0.2, 0.25) is 5.91 Å². The molecule has 0 bridgehead atoms. The summed E-state index contributed by atoms with van der Waals surface area (Å²) in [5.41, 5.74) is 3.73. The molecule has 52 heavy (non-hydrogen) atoms. The molecule has 5 aromatic carbocycles. The number of amides is 1. The second kappa shape index (κ2) is 17.0. The number of halogens is 4. The summed E-state index contributed by atoms with van der Waals surface area (Å²) in [6.07, 6.45) is -2.29. The molecule has 1 heterocycles. The first kappa shape index (κ1) is 36.7. The number of carbonyl (C=O) groups excluding carboxylic acids is 1. The van der Waals surface area contributed by atoms with Gasteiger partial charge in [0.25, 0.3) is 0 Å². The smallest absolute Gasteiger partial charge is 0.417 e. The summed E-state index contributed by atoms with van der Waals surface area (Å²) in [4.78, 5) is 14.9. The molecule has 1 unspecified atom stereocenters. The van der Waals surface area contributed by atoms with Crippen molar-refractivity contribution >= 4 is 28.4 Å². The highest BCUT2D eigenvalue weighted by atomic mass is 35.5. The highest BCUT2D eigenvalue weighted by Gasteiger charge is 2.34. The lowest BCUT2D eigenvalue weighted by atomic mass is 9.90. The molecule has 0 aliphatic heterocycles. The van der Waals surface area contributed by atoms with Crippen molar-refractivity contribution in [2.24, 2.45) is 0 Å². The minimum absolute atomic E-state index is 0.0263. The molecule has 9 heteroatoms. The first-order chi connectivity index (χ1) is 25.2. The van der Waals surface area contributed by atoms with Crippen LogP contribution in [0.15, 0.2) is 140 Å². The third-order valence-corrected chi connectivity index (χ3v) is 9.67. The lowest BCUT2D eigenvalue weighted by molar-refractivity contribution is -0.137. The highest BCUT2D eigenvalue weighted by Crippen LogP contribution is 2.37. The summed E-state index contributed by atoms with van der Waals surface area (Å²) < 4.78 is 49.9. The molecule has 0 saturated heterocycles. The third-order valence-electron chi connectivity index (χ3n) is 9.22. The van der Waals surface area contributed by atoms with Crippen molar-refractivity contribution in [2.75, 3.05) is 13.1 Å². The Hall–Kier alpha value is -5.05. The first-order valence-corrected chi connectivity index (χ1v) is 17.8. The molecule has 6 rings (SSSR count). The van der Waals surface area contributed by atoms with E-state index >= 15 is 0 Å². The largest absolute Gasteiger partial charge is 0.490 e. The maximum absolute atomic E-state index is 13.8. The molecule has 6 aromatic rings. The molecule has 1 N–H and O–H groups in total. The van der Waals surface area contributed by atoms with Crippen LogP contribution in [0.2, 0.25) is 5.02 Å². The van der Waals surface area contributed by atoms with E-state index in [1.807, 2.05) is 109 Å². The average Bonchev–Trinajstić information content (AvgIpc) is 3.56. The predicted molar refractivity (Wildman–Crippen MR) is 201 cm³/mol. The Kier molecular flexibility index (Phi) is 12.0. The molecule has 0 spiro atoms. The molecular weight excluding hydrogens is 683 g/mol. The maximum atomic E-state index is 13.8. The quantitative estimate of drug-likeness (QED) is 0.115. The van der Waals surface area contributed by atoms with Gasteiger partial charge >= 0.3 is 6.18 Å². The molecule has 0 fully saturated rings. The Morgan fingerprint density at radius 3 is 2.12 bits per heavy atom. The van der Waals surface area contributed by atoms with Crippen LogP contribution in [0, 0.1) is 0 Å². The van der Waals surface area contributed by atoms with E-state index in [-0.39, 0.29) is 36.0 Å². The summed E-state index contributed by atoms with van der Waals surface area (Å²) in [5, 5.41) is 3.60. The van der Waals surface area contributed by atoms with E-state index in [9.17, 15) is 18.0 Å². The normalized spacial score (nSPS) is 12.4. The number of hydrogen-bond acceptors (Lipinski definition) is 3. The fourth-order valence-electron chi connectivity index (χ4n) is 6.51. The van der Waals surface area contributed by atoms with Gasteiger partial charge in [-0.25, -0.2) is 0 Å². The van der Waals surface area contributed by atoms with Crippen LogP contribution in [-0.2, 0) is 30.6 Å². The summed E-state index contributed by atoms with van der Waals surface area (Å²) in [6, 6.07) is 41.9. The minimum atomic E-state index is -4.55. The number of benzene rings is 5. The number of nitrogens with zero attached hydrogens (tertiary/aromatic N) is 2. The van der Waals surface area contributed by atoms with E-state index in [4.69, 9.17) is 16.3 Å². The molecule has 0 radical (unpaired) electrons. The standard InChI is InChI=1S/C43H41ClF3N3O2/c1-31(52-40-22-12-21-39-36(40)24-26-50(39)30-41(51)48-27-32-13-5-2-6-14-32)23-25-49(28-35-19-11-20-38(42(35)44)43(45,46)47)29-37(33-15-7-3-8-16-33)34-17-9-4-10-18-34/h2-22,24,26,31,37H,23,25,27-30H2,1H3,(H,48,51). The van der Waals surface area contributed by atoms with Gasteiger partial charge in [0.1, 0.15) is 12.3 Å². The van der Waals surface area contributed by atoms with Crippen LogP contribution in [0.1, 0.15) is 47.1 Å². The Balaban J connectivity index is 1.18. The molecule has 0 aliphatic carbocycles. The molecule has 1 aromatic heterocycles. The number of nitrogens with one attached hydrogen (secondary N) is 1. The maximum Gasteiger partial charge on any atom is 0.417 e. The zero-order valence-corrected chi connectivity index (χ0v) is 29.7. The van der Waals surface area contributed by atoms with E-state index in [1.54, 1.807) is 6.07 Å². The van der Waals surface area contributed by atoms with Crippen LogP contribution in [0.5, 0.6) is 5.75 Å². The summed E-state index contributed by atoms with van der Waals surface area (Å²) >= 11 is 6.41. The SMILES string of the molecule is CC(CCN(Cc1cccc(C(F)(F)F)c1Cl)CC(c1ccccc1)c1ccccc1)Oc1cccc2c1ccn2CC(=O)NCc1ccccc1. The minimum Gasteiger partial charge on any atom is -0.490 e. The molecule has 268 valence electrons. The summed E-state index contributed by atoms with van der Waals surface area (Å²) in [5.74, 6) is 0.584. The van der Waals surface area contributed by atoms with Crippen molar-refractivity contribution in [2.45, 2.75) is 51.2 Å². The molecule has 1 atom stereocenters. The summed E-state index contributed by atoms with van der Waals surface area (Å²) in [7, 11) is 0. The number of fused-ring (bicyclic) bond motifs is 1. The number of rotatable bonds is 15. The van der Waals surface area contributed by atoms with Gasteiger partial charge in [0.15, 0.2) is 0 Å². The second-order valence-electron chi connectivity index (χ2n) is 13.0. The molecular formula is C43H41ClF3N3O2. The zero-order valence-electron chi connectivity index (χ0n) is 28.9. The molecule has 5 nitrogen and oxygen atoms in total. The van der Waals surface area contributed by atoms with Gasteiger partial charge < -0.3 is 14.6 Å². The number of carbonyl (C=O) groups is 1. The monoisotopic (exact) mass is 723 g/mol. The van der Waals surface area contributed by atoms with Crippen molar-refractivity contribution in [3.05, 3.63) is 172 Å². The van der Waals surface area contributed by atoms with Gasteiger partial charge in [-0.05, 0) is 59.9 Å². The van der Waals surface area contributed by atoms with E-state index in [2.05, 4.69) is 34.5 Å². The first-order valence-electron chi connectivity index (χ1n) is 17.4. The third kappa shape index (κ3) is 9.43. The van der Waals surface area contributed by atoms with Gasteiger partial charge in [-0.3, -0.25) is 9.69 Å². The van der Waals surface area contributed by atoms with Gasteiger partial charge in [-0.2, -0.15) is 13.2 Å². The van der Waals surface area contributed by atoms with E-state index in [1.165, 1.54) is 6.07 Å². The Bertz CT molecular complexity index is 2010. The lowest BCUT2D eigenvalue weighted by Gasteiger charge is -2.30. The number of ether oxygens (including phenoxy) is 1. The van der Waals surface area contributed by atoms with Crippen LogP contribution >= 0.6 is 11.6 Å². The van der Waals surface area contributed by atoms with Crippen LogP contribution in [0.25, 0.3) is 10.9 Å². The van der Waals surface area contributed by atoms with Crippen LogP contribution in [0.4, 0.5) is 13.2 Å². The van der Waals surface area contributed by atoms with Gasteiger partial charge in [0.05, 0.1) is 22.2 Å². The fourth-order valence-corrected chi connectivity index (χ4v) is 6.80. The Morgan fingerprint density at radius 1 is 0.827 bits per heavy atom. The molecule has 1 amide bonds. The van der Waals surface area contributed by atoms with Crippen molar-refractivity contribution in [3.63, 3.8) is 0 Å². The van der Waals surface area contributed by atoms with Crippen LogP contribution in [-0.4, -0.2) is 34.6 Å². The predicted octanol–water partition coefficient (Wildman–Crippen LogP) is 10.1. The van der Waals surface area contributed by atoms with Crippen LogP contribution < -0.4 is 10.1 Å². The van der Waals surface area contributed by atoms with E-state index < -0.39 is 11.7 Å². The van der Waals surface area contributed by atoms with Crippen molar-refractivity contribution in [1.29, 1.82) is 0 Å². The number of aromatic nitrogens is 1. The fraction of sp³-hybridized carbons (Fsp3) is 0.233. The molecule has 0 aliphatic rings. The van der Waals surface area contributed by atoms with E-state index in [0.29, 0.717) is 37.4 Å². The summed E-state index contributed by atoms with van der Waals surface area (Å²) in [6.45, 7) is 3.96. The highest BCUT2D eigenvalue weighted by molar-refractivity contribution is 6.32. The van der Waals surface area contributed by atoms with Crippen LogP contribution in [0.3, 0.4) is 0 Å². The average molecular weight is 724 g/mol. The lowest BCUT2D eigenvalue weighted by Crippen LogP contribution is -2.32. The van der Waals surface area contributed by atoms with Crippen molar-refractivity contribution < 1.29 is 22.7 Å². The zero-order chi connectivity index (χ0) is 36.5. The Labute approximate surface area is 307 Å². The van der Waals surface area contributed by atoms with Gasteiger partial charge in [0, 0.05) is 43.7 Å². The van der Waals surface area contributed by atoms with Gasteiger partial charge in [-0.1, -0.05) is 121 Å². The van der Waals surface area contributed by atoms with Crippen molar-refractivity contribution in [1.82, 2.24) is 14.8 Å². The second-order valence-corrected chi connectivity index (χ2v) is 13.4. The number of alkyl halides is 3. The number of hydrogen-bond donors (Lipinski definition) is 1. The van der Waals surface area contributed by atoms with E-state index in [0.717, 1.165) is 33.7 Å². The topological polar surface area (TPSA) is 46.5 Å².